The summed E-state index contributed by atoms with van der Waals surface area (Å²) in [6.07, 6.45) is -1.30. The van der Waals surface area contributed by atoms with E-state index < -0.39 is 29.1 Å². The first-order valence-corrected chi connectivity index (χ1v) is 14.1. The van der Waals surface area contributed by atoms with Gasteiger partial charge in [-0.3, -0.25) is 14.5 Å². The molecule has 0 radical (unpaired) electrons. The van der Waals surface area contributed by atoms with Crippen LogP contribution in [0.3, 0.4) is 0 Å². The van der Waals surface area contributed by atoms with Crippen molar-refractivity contribution in [1.82, 2.24) is 15.1 Å². The number of amides is 4. The third-order valence-electron chi connectivity index (χ3n) is 7.72. The van der Waals surface area contributed by atoms with Crippen LogP contribution in [0.4, 0.5) is 23.7 Å². The SMILES string of the molecule is CC1=C(CCCCCN2CCN(C(=O)NCCc3ccccc3)CC2)C(=O)N(c2ccc(C#N)c(C(F)(F)F)c2)C1=O. The standard InChI is InChI=1S/C31H34F3N5O3/c1-22-26(29(41)39(28(22)40)25-12-11-24(21-35)27(20-25)31(32,33)34)10-6-3-7-15-37-16-18-38(19-17-37)30(42)36-14-13-23-8-4-2-5-9-23/h2,4-5,8-9,11-12,20H,3,6-7,10,13-19H2,1H3,(H,36,42). The van der Waals surface area contributed by atoms with E-state index in [9.17, 15) is 27.6 Å². The van der Waals surface area contributed by atoms with Crippen molar-refractivity contribution in [1.29, 1.82) is 5.26 Å². The Labute approximate surface area is 243 Å². The van der Waals surface area contributed by atoms with E-state index in [1.54, 1.807) is 0 Å². The second-order valence-corrected chi connectivity index (χ2v) is 10.5. The zero-order valence-electron chi connectivity index (χ0n) is 23.5. The number of anilines is 1. The quantitative estimate of drug-likeness (QED) is 0.318. The molecule has 2 aliphatic rings. The molecule has 2 aromatic carbocycles. The number of unbranched alkanes of at least 4 members (excludes halogenated alkanes) is 2. The molecule has 0 saturated carbocycles. The number of nitrogens with one attached hydrogen (secondary N) is 1. The van der Waals surface area contributed by atoms with Crippen LogP contribution in [0.15, 0.2) is 59.7 Å². The zero-order chi connectivity index (χ0) is 30.3. The molecule has 4 amide bonds. The number of carbonyl (C=O) groups is 3. The van der Waals surface area contributed by atoms with Crippen molar-refractivity contribution in [3.63, 3.8) is 0 Å². The summed E-state index contributed by atoms with van der Waals surface area (Å²) in [5.41, 5.74) is -0.228. The second-order valence-electron chi connectivity index (χ2n) is 10.5. The molecule has 2 aromatic rings. The average Bonchev–Trinajstić information content (AvgIpc) is 3.19. The number of benzene rings is 2. The maximum Gasteiger partial charge on any atom is 0.417 e. The number of imide groups is 1. The van der Waals surface area contributed by atoms with Crippen molar-refractivity contribution < 1.29 is 27.6 Å². The topological polar surface area (TPSA) is 96.8 Å². The predicted octanol–water partition coefficient (Wildman–Crippen LogP) is 4.90. The number of halogens is 3. The lowest BCUT2D eigenvalue weighted by molar-refractivity contribution is -0.138. The summed E-state index contributed by atoms with van der Waals surface area (Å²) < 4.78 is 40.2. The van der Waals surface area contributed by atoms with E-state index in [4.69, 9.17) is 5.26 Å². The van der Waals surface area contributed by atoms with Gasteiger partial charge in [-0.25, -0.2) is 9.69 Å². The van der Waals surface area contributed by atoms with Gasteiger partial charge in [0.05, 0.1) is 22.9 Å². The van der Waals surface area contributed by atoms with E-state index in [2.05, 4.69) is 10.2 Å². The first-order chi connectivity index (χ1) is 20.1. The molecule has 0 bridgehead atoms. The largest absolute Gasteiger partial charge is 0.417 e. The number of alkyl halides is 3. The molecule has 11 heteroatoms. The Kier molecular flexibility index (Phi) is 10.0. The molecule has 2 aliphatic heterocycles. The van der Waals surface area contributed by atoms with E-state index in [1.807, 2.05) is 35.2 Å². The number of hydrogen-bond acceptors (Lipinski definition) is 5. The number of urea groups is 1. The Morgan fingerprint density at radius 2 is 1.67 bits per heavy atom. The highest BCUT2D eigenvalue weighted by atomic mass is 19.4. The van der Waals surface area contributed by atoms with Gasteiger partial charge < -0.3 is 10.2 Å². The summed E-state index contributed by atoms with van der Waals surface area (Å²) in [5, 5.41) is 12.0. The Balaban J connectivity index is 1.18. The molecule has 0 aliphatic carbocycles. The third kappa shape index (κ3) is 7.36. The smallest absolute Gasteiger partial charge is 0.338 e. The molecule has 2 heterocycles. The number of hydrogen-bond donors (Lipinski definition) is 1. The average molecular weight is 582 g/mol. The molecule has 222 valence electrons. The van der Waals surface area contributed by atoms with Crippen LogP contribution >= 0.6 is 0 Å². The van der Waals surface area contributed by atoms with Crippen LogP contribution in [-0.2, 0) is 22.2 Å². The van der Waals surface area contributed by atoms with Crippen LogP contribution in [-0.4, -0.2) is 66.9 Å². The summed E-state index contributed by atoms with van der Waals surface area (Å²) >= 11 is 0. The van der Waals surface area contributed by atoms with Gasteiger partial charge >= 0.3 is 12.2 Å². The fraction of sp³-hybridized carbons (Fsp3) is 0.419. The fourth-order valence-corrected chi connectivity index (χ4v) is 5.28. The van der Waals surface area contributed by atoms with Crippen LogP contribution in [0.5, 0.6) is 0 Å². The van der Waals surface area contributed by atoms with Crippen LogP contribution < -0.4 is 10.2 Å². The van der Waals surface area contributed by atoms with Crippen molar-refractivity contribution in [2.45, 2.75) is 45.2 Å². The number of nitrogens with zero attached hydrogens (tertiary/aromatic N) is 4. The minimum atomic E-state index is -4.79. The minimum absolute atomic E-state index is 0.0466. The lowest BCUT2D eigenvalue weighted by atomic mass is 10.0. The summed E-state index contributed by atoms with van der Waals surface area (Å²) in [7, 11) is 0. The summed E-state index contributed by atoms with van der Waals surface area (Å²) in [4.78, 5) is 43.2. The second kappa shape index (κ2) is 13.7. The Morgan fingerprint density at radius 1 is 0.952 bits per heavy atom. The summed E-state index contributed by atoms with van der Waals surface area (Å²) in [5.74, 6) is -1.26. The molecule has 4 rings (SSSR count). The maximum absolute atomic E-state index is 13.4. The molecule has 8 nitrogen and oxygen atoms in total. The Hall–Kier alpha value is -4.17. The van der Waals surface area contributed by atoms with Crippen LogP contribution in [0.2, 0.25) is 0 Å². The van der Waals surface area contributed by atoms with Gasteiger partial charge in [-0.05, 0) is 62.9 Å². The van der Waals surface area contributed by atoms with Crippen molar-refractivity contribution in [3.8, 4) is 6.07 Å². The van der Waals surface area contributed by atoms with Crippen molar-refractivity contribution in [2.75, 3.05) is 44.2 Å². The molecule has 1 N–H and O–H groups in total. The molecule has 42 heavy (non-hydrogen) atoms. The van der Waals surface area contributed by atoms with E-state index in [0.717, 1.165) is 49.9 Å². The lowest BCUT2D eigenvalue weighted by Crippen LogP contribution is -2.52. The molecule has 0 spiro atoms. The van der Waals surface area contributed by atoms with Gasteiger partial charge in [-0.15, -0.1) is 0 Å². The fourth-order valence-electron chi connectivity index (χ4n) is 5.28. The van der Waals surface area contributed by atoms with Crippen LogP contribution in [0.1, 0.15) is 49.3 Å². The Bertz CT molecular complexity index is 1380. The molecule has 1 saturated heterocycles. The number of nitriles is 1. The van der Waals surface area contributed by atoms with Gasteiger partial charge in [0.1, 0.15) is 0 Å². The Morgan fingerprint density at radius 3 is 2.33 bits per heavy atom. The van der Waals surface area contributed by atoms with Crippen LogP contribution in [0, 0.1) is 11.3 Å². The van der Waals surface area contributed by atoms with Gasteiger partial charge in [0, 0.05) is 43.9 Å². The highest BCUT2D eigenvalue weighted by Gasteiger charge is 2.39. The highest BCUT2D eigenvalue weighted by Crippen LogP contribution is 2.37. The van der Waals surface area contributed by atoms with Gasteiger partial charge in [-0.2, -0.15) is 18.4 Å². The molecule has 0 aromatic heterocycles. The van der Waals surface area contributed by atoms with Gasteiger partial charge in [-0.1, -0.05) is 36.8 Å². The van der Waals surface area contributed by atoms with Crippen molar-refractivity contribution in [2.24, 2.45) is 0 Å². The number of rotatable bonds is 10. The molecular formula is C31H34F3N5O3. The van der Waals surface area contributed by atoms with Crippen molar-refractivity contribution in [3.05, 3.63) is 76.4 Å². The number of carbonyl (C=O) groups excluding carboxylic acids is 3. The molecule has 0 unspecified atom stereocenters. The summed E-state index contributed by atoms with van der Waals surface area (Å²) in [6, 6.07) is 14.3. The highest BCUT2D eigenvalue weighted by molar-refractivity contribution is 6.32. The van der Waals surface area contributed by atoms with E-state index in [-0.39, 0.29) is 17.3 Å². The van der Waals surface area contributed by atoms with E-state index in [1.165, 1.54) is 24.6 Å². The number of piperazine rings is 1. The van der Waals surface area contributed by atoms with Gasteiger partial charge in [0.2, 0.25) is 0 Å². The van der Waals surface area contributed by atoms with Gasteiger partial charge in [0.15, 0.2) is 0 Å². The van der Waals surface area contributed by atoms with E-state index >= 15 is 0 Å². The third-order valence-corrected chi connectivity index (χ3v) is 7.72. The molecule has 0 atom stereocenters. The predicted molar refractivity (Wildman–Crippen MR) is 151 cm³/mol. The molecule has 1 fully saturated rings. The molecular weight excluding hydrogens is 547 g/mol. The van der Waals surface area contributed by atoms with Crippen molar-refractivity contribution >= 4 is 23.5 Å². The van der Waals surface area contributed by atoms with Gasteiger partial charge in [0.25, 0.3) is 11.8 Å². The normalized spacial score (nSPS) is 16.3. The maximum atomic E-state index is 13.4. The summed E-state index contributed by atoms with van der Waals surface area (Å²) in [6.45, 7) is 5.83. The first kappa shape index (κ1) is 30.8. The first-order valence-electron chi connectivity index (χ1n) is 14.1. The monoisotopic (exact) mass is 581 g/mol. The zero-order valence-corrected chi connectivity index (χ0v) is 23.5. The lowest BCUT2D eigenvalue weighted by Gasteiger charge is -2.34. The van der Waals surface area contributed by atoms with Crippen LogP contribution in [0.25, 0.3) is 0 Å². The minimum Gasteiger partial charge on any atom is -0.338 e. The van der Waals surface area contributed by atoms with E-state index in [0.29, 0.717) is 44.1 Å².